The van der Waals surface area contributed by atoms with Gasteiger partial charge in [-0.2, -0.15) is 5.10 Å². The van der Waals surface area contributed by atoms with Crippen molar-refractivity contribution in [2.24, 2.45) is 22.3 Å². The molecule has 1 saturated carbocycles. The Morgan fingerprint density at radius 2 is 2.04 bits per heavy atom. The lowest BCUT2D eigenvalue weighted by Crippen LogP contribution is -2.48. The Balaban J connectivity index is 2.08. The van der Waals surface area contributed by atoms with Gasteiger partial charge in [-0.15, -0.1) is 0 Å². The number of fused-ring (bicyclic) bond motifs is 1. The van der Waals surface area contributed by atoms with Crippen molar-refractivity contribution in [2.45, 2.75) is 39.7 Å². The molecule has 0 aliphatic heterocycles. The molecule has 2 unspecified atom stereocenters. The molecule has 0 bridgehead atoms. The third-order valence-corrected chi connectivity index (χ3v) is 6.39. The Hall–Kier alpha value is -2.09. The van der Waals surface area contributed by atoms with Crippen molar-refractivity contribution < 1.29 is 9.59 Å². The maximum absolute atomic E-state index is 12.0. The number of aromatic nitrogens is 2. The highest BCUT2D eigenvalue weighted by Gasteiger charge is 2.55. The maximum Gasteiger partial charge on any atom is 0.252 e. The number of nitrogens with one attached hydrogen (secondary N) is 1. The molecule has 1 fully saturated rings. The fourth-order valence-corrected chi connectivity index (χ4v) is 4.14. The van der Waals surface area contributed by atoms with Crippen LogP contribution in [0.3, 0.4) is 0 Å². The number of carbonyl (C=O) groups is 2. The molecule has 25 heavy (non-hydrogen) atoms. The molecule has 3 rings (SSSR count). The Morgan fingerprint density at radius 1 is 1.36 bits per heavy atom. The topological polar surface area (TPSA) is 116 Å². The largest absolute Gasteiger partial charge is 0.379 e. The fraction of sp³-hybridized carbons (Fsp3) is 0.471. The van der Waals surface area contributed by atoms with E-state index in [2.05, 4.69) is 26.3 Å². The van der Waals surface area contributed by atoms with Crippen molar-refractivity contribution in [3.63, 3.8) is 0 Å². The molecular weight excluding hydrogens is 386 g/mol. The van der Waals surface area contributed by atoms with Gasteiger partial charge in [-0.25, -0.2) is 4.52 Å². The highest BCUT2D eigenvalue weighted by molar-refractivity contribution is 9.10. The lowest BCUT2D eigenvalue weighted by Gasteiger charge is -2.40. The number of halogens is 1. The van der Waals surface area contributed by atoms with E-state index in [1.54, 1.807) is 10.7 Å². The Labute approximate surface area is 154 Å². The summed E-state index contributed by atoms with van der Waals surface area (Å²) in [5.74, 6) is -0.856. The first-order valence-electron chi connectivity index (χ1n) is 8.11. The van der Waals surface area contributed by atoms with Gasteiger partial charge < -0.3 is 16.8 Å². The standard InChI is InChI=1S/C17H22BrN5O2/c1-16(2)12(4-5-17(16,3)15(20)25)22-13-10(14(19)24)7-21-23-8-9(18)6-11(13)23/h6-8,12,22H,4-5H2,1-3H3,(H2,19,24)(H2,20,25). The summed E-state index contributed by atoms with van der Waals surface area (Å²) in [6.45, 7) is 5.96. The van der Waals surface area contributed by atoms with Crippen molar-refractivity contribution >= 4 is 38.9 Å². The summed E-state index contributed by atoms with van der Waals surface area (Å²) >= 11 is 3.43. The van der Waals surface area contributed by atoms with Gasteiger partial charge in [-0.3, -0.25) is 9.59 Å². The number of nitrogens with zero attached hydrogens (tertiary/aromatic N) is 2. The first-order chi connectivity index (χ1) is 11.6. The number of primary amides is 2. The van der Waals surface area contributed by atoms with Crippen LogP contribution in [0.4, 0.5) is 5.69 Å². The number of hydrogen-bond donors (Lipinski definition) is 3. The van der Waals surface area contributed by atoms with Crippen LogP contribution in [0.25, 0.3) is 5.52 Å². The normalized spacial score (nSPS) is 25.2. The third-order valence-electron chi connectivity index (χ3n) is 5.96. The Bertz CT molecular complexity index is 875. The summed E-state index contributed by atoms with van der Waals surface area (Å²) in [5.41, 5.74) is 11.9. The molecule has 0 aromatic carbocycles. The molecule has 2 amide bonds. The van der Waals surface area contributed by atoms with Gasteiger partial charge in [-0.05, 0) is 40.3 Å². The molecule has 2 aromatic rings. The summed E-state index contributed by atoms with van der Waals surface area (Å²) in [6, 6.07) is 1.83. The first kappa shape index (κ1) is 17.7. The minimum Gasteiger partial charge on any atom is -0.379 e. The van der Waals surface area contributed by atoms with E-state index < -0.39 is 16.7 Å². The van der Waals surface area contributed by atoms with Crippen molar-refractivity contribution in [1.29, 1.82) is 0 Å². The lowest BCUT2D eigenvalue weighted by atomic mass is 9.67. The first-order valence-corrected chi connectivity index (χ1v) is 8.90. The molecule has 5 N–H and O–H groups in total. The zero-order chi connectivity index (χ0) is 18.6. The maximum atomic E-state index is 12.0. The molecule has 7 nitrogen and oxygen atoms in total. The third kappa shape index (κ3) is 2.59. The van der Waals surface area contributed by atoms with Crippen molar-refractivity contribution in [1.82, 2.24) is 9.61 Å². The number of amides is 2. The minimum absolute atomic E-state index is 0.0389. The average Bonchev–Trinajstić information content (AvgIpc) is 2.99. The van der Waals surface area contributed by atoms with E-state index in [0.717, 1.165) is 16.4 Å². The molecule has 0 radical (unpaired) electrons. The Morgan fingerprint density at radius 3 is 2.60 bits per heavy atom. The molecule has 8 heteroatoms. The predicted octanol–water partition coefficient (Wildman–Crippen LogP) is 2.29. The summed E-state index contributed by atoms with van der Waals surface area (Å²) in [6.07, 6.45) is 4.71. The fourth-order valence-electron chi connectivity index (χ4n) is 3.73. The van der Waals surface area contributed by atoms with E-state index in [9.17, 15) is 9.59 Å². The van der Waals surface area contributed by atoms with E-state index in [1.165, 1.54) is 6.20 Å². The molecule has 1 aliphatic rings. The average molecular weight is 408 g/mol. The van der Waals surface area contributed by atoms with Crippen LogP contribution in [0.15, 0.2) is 22.9 Å². The monoisotopic (exact) mass is 407 g/mol. The van der Waals surface area contributed by atoms with Crippen LogP contribution in [0.1, 0.15) is 44.0 Å². The van der Waals surface area contributed by atoms with Gasteiger partial charge in [0.05, 0.1) is 28.4 Å². The molecule has 134 valence electrons. The molecule has 0 spiro atoms. The summed E-state index contributed by atoms with van der Waals surface area (Å²) in [7, 11) is 0. The summed E-state index contributed by atoms with van der Waals surface area (Å²) in [4.78, 5) is 23.9. The molecule has 2 heterocycles. The van der Waals surface area contributed by atoms with Gasteiger partial charge in [0, 0.05) is 16.7 Å². The van der Waals surface area contributed by atoms with Gasteiger partial charge in [-0.1, -0.05) is 20.8 Å². The highest BCUT2D eigenvalue weighted by Crippen LogP contribution is 2.53. The van der Waals surface area contributed by atoms with Crippen LogP contribution in [0.5, 0.6) is 0 Å². The van der Waals surface area contributed by atoms with E-state index in [4.69, 9.17) is 11.5 Å². The molecule has 2 aromatic heterocycles. The lowest BCUT2D eigenvalue weighted by molar-refractivity contribution is -0.131. The molecule has 1 aliphatic carbocycles. The van der Waals surface area contributed by atoms with E-state index in [-0.39, 0.29) is 11.9 Å². The highest BCUT2D eigenvalue weighted by atomic mass is 79.9. The van der Waals surface area contributed by atoms with Crippen LogP contribution in [0.2, 0.25) is 0 Å². The summed E-state index contributed by atoms with van der Waals surface area (Å²) in [5, 5.41) is 7.68. The van der Waals surface area contributed by atoms with Crippen LogP contribution < -0.4 is 16.8 Å². The minimum atomic E-state index is -0.622. The number of carbonyl (C=O) groups excluding carboxylic acids is 2. The summed E-state index contributed by atoms with van der Waals surface area (Å²) < 4.78 is 2.52. The van der Waals surface area contributed by atoms with Crippen LogP contribution >= 0.6 is 15.9 Å². The molecule has 0 saturated heterocycles. The number of anilines is 1. The predicted molar refractivity (Wildman–Crippen MR) is 99.1 cm³/mol. The van der Waals surface area contributed by atoms with E-state index >= 15 is 0 Å². The van der Waals surface area contributed by atoms with Gasteiger partial charge in [0.25, 0.3) is 5.91 Å². The second-order valence-electron chi connectivity index (χ2n) is 7.44. The Kier molecular flexibility index (Phi) is 4.06. The molecular formula is C17H22BrN5O2. The van der Waals surface area contributed by atoms with Gasteiger partial charge in [0.1, 0.15) is 0 Å². The van der Waals surface area contributed by atoms with Crippen molar-refractivity contribution in [2.75, 3.05) is 5.32 Å². The van der Waals surface area contributed by atoms with Crippen LogP contribution in [-0.2, 0) is 4.79 Å². The second kappa shape index (κ2) is 5.72. The van der Waals surface area contributed by atoms with Gasteiger partial charge in [0.2, 0.25) is 5.91 Å². The van der Waals surface area contributed by atoms with Gasteiger partial charge in [0.15, 0.2) is 0 Å². The van der Waals surface area contributed by atoms with Crippen LogP contribution in [-0.4, -0.2) is 27.5 Å². The van der Waals surface area contributed by atoms with Crippen LogP contribution in [0, 0.1) is 10.8 Å². The number of rotatable bonds is 4. The van der Waals surface area contributed by atoms with E-state index in [1.807, 2.05) is 26.8 Å². The van der Waals surface area contributed by atoms with E-state index in [0.29, 0.717) is 17.7 Å². The number of hydrogen-bond acceptors (Lipinski definition) is 4. The number of nitrogens with two attached hydrogens (primary N) is 2. The van der Waals surface area contributed by atoms with Gasteiger partial charge >= 0.3 is 0 Å². The SMILES string of the molecule is CC1(C(N)=O)CCC(Nc2c(C(N)=O)cnn3cc(Br)cc23)C1(C)C. The second-order valence-corrected chi connectivity index (χ2v) is 8.35. The zero-order valence-corrected chi connectivity index (χ0v) is 16.1. The smallest absolute Gasteiger partial charge is 0.252 e. The zero-order valence-electron chi connectivity index (χ0n) is 14.5. The molecule has 2 atom stereocenters. The quantitative estimate of drug-likeness (QED) is 0.720. The van der Waals surface area contributed by atoms with Crippen molar-refractivity contribution in [3.8, 4) is 0 Å². The van der Waals surface area contributed by atoms with Crippen molar-refractivity contribution in [3.05, 3.63) is 28.5 Å².